The highest BCUT2D eigenvalue weighted by molar-refractivity contribution is 7.99. The maximum atomic E-state index is 13.8. The lowest BCUT2D eigenvalue weighted by atomic mass is 10.0. The number of halogens is 3. The third kappa shape index (κ3) is 5.21. The van der Waals surface area contributed by atoms with Crippen LogP contribution in [0.15, 0.2) is 64.6 Å². The monoisotopic (exact) mass is 551 g/mol. The second kappa shape index (κ2) is 10.5. The minimum atomic E-state index is -3.70. The molecule has 1 amide bonds. The van der Waals surface area contributed by atoms with Gasteiger partial charge in [0.15, 0.2) is 5.16 Å². The second-order valence-corrected chi connectivity index (χ2v) is 10.8. The molecular formula is C23H20ClF2N5O3S2. The summed E-state index contributed by atoms with van der Waals surface area (Å²) in [6.07, 6.45) is -2.88. The fourth-order valence-electron chi connectivity index (χ4n) is 3.57. The molecule has 0 aliphatic heterocycles. The Labute approximate surface area is 215 Å². The van der Waals surface area contributed by atoms with Crippen LogP contribution in [-0.2, 0) is 14.8 Å². The number of fused-ring (bicyclic) bond motifs is 1. The van der Waals surface area contributed by atoms with Gasteiger partial charge in [0.1, 0.15) is 0 Å². The SMILES string of the molecule is CNS(=O)(=O)c1ccc(NC(=O)CSc2nnc(C(F)F)n2-c2ccc(C)c3ccccc23)c(Cl)c1. The molecule has 0 saturated carbocycles. The molecule has 0 spiro atoms. The van der Waals surface area contributed by atoms with Gasteiger partial charge in [-0.05, 0) is 49.2 Å². The lowest BCUT2D eigenvalue weighted by Crippen LogP contribution is -2.19. The zero-order valence-electron chi connectivity index (χ0n) is 19.0. The van der Waals surface area contributed by atoms with Crippen LogP contribution in [-0.4, -0.2) is 41.9 Å². The van der Waals surface area contributed by atoms with Gasteiger partial charge in [-0.2, -0.15) is 0 Å². The van der Waals surface area contributed by atoms with Crippen molar-refractivity contribution in [3.05, 3.63) is 71.0 Å². The van der Waals surface area contributed by atoms with Crippen molar-refractivity contribution in [2.45, 2.75) is 23.4 Å². The first-order chi connectivity index (χ1) is 17.1. The molecule has 0 atom stereocenters. The molecule has 0 bridgehead atoms. The van der Waals surface area contributed by atoms with Crippen molar-refractivity contribution in [3.63, 3.8) is 0 Å². The van der Waals surface area contributed by atoms with Crippen molar-refractivity contribution < 1.29 is 22.0 Å². The Morgan fingerprint density at radius 1 is 1.11 bits per heavy atom. The number of hydrogen-bond acceptors (Lipinski definition) is 6. The number of alkyl halides is 2. The molecule has 1 aromatic heterocycles. The number of rotatable bonds is 8. The van der Waals surface area contributed by atoms with Crippen LogP contribution in [0.3, 0.4) is 0 Å². The molecule has 0 unspecified atom stereocenters. The molecular weight excluding hydrogens is 532 g/mol. The van der Waals surface area contributed by atoms with E-state index in [1.807, 2.05) is 37.3 Å². The molecule has 0 aliphatic carbocycles. The smallest absolute Gasteiger partial charge is 0.297 e. The number of thioether (sulfide) groups is 1. The molecule has 4 rings (SSSR count). The summed E-state index contributed by atoms with van der Waals surface area (Å²) in [5.41, 5.74) is 1.67. The molecule has 4 aromatic rings. The van der Waals surface area contributed by atoms with Crippen molar-refractivity contribution in [2.24, 2.45) is 0 Å². The van der Waals surface area contributed by atoms with Gasteiger partial charge < -0.3 is 5.32 Å². The number of amides is 1. The number of sulfonamides is 1. The Morgan fingerprint density at radius 2 is 1.83 bits per heavy atom. The van der Waals surface area contributed by atoms with E-state index in [2.05, 4.69) is 20.2 Å². The quantitative estimate of drug-likeness (QED) is 0.300. The number of nitrogens with one attached hydrogen (secondary N) is 2. The average molecular weight is 552 g/mol. The Bertz CT molecular complexity index is 1560. The summed E-state index contributed by atoms with van der Waals surface area (Å²) in [7, 11) is -2.43. The van der Waals surface area contributed by atoms with Gasteiger partial charge in [0.2, 0.25) is 21.8 Å². The lowest BCUT2D eigenvalue weighted by Gasteiger charge is -2.14. The molecule has 2 N–H and O–H groups in total. The van der Waals surface area contributed by atoms with Crippen molar-refractivity contribution in [1.29, 1.82) is 0 Å². The van der Waals surface area contributed by atoms with Crippen molar-refractivity contribution in [2.75, 3.05) is 18.1 Å². The van der Waals surface area contributed by atoms with Crippen molar-refractivity contribution >= 4 is 55.8 Å². The van der Waals surface area contributed by atoms with Crippen molar-refractivity contribution in [1.82, 2.24) is 19.5 Å². The third-order valence-corrected chi connectivity index (χ3v) is 7.99. The van der Waals surface area contributed by atoms with E-state index in [4.69, 9.17) is 11.6 Å². The van der Waals surface area contributed by atoms with Gasteiger partial charge in [-0.25, -0.2) is 21.9 Å². The molecule has 13 heteroatoms. The number of carbonyl (C=O) groups excluding carboxylic acids is 1. The molecule has 0 radical (unpaired) electrons. The summed E-state index contributed by atoms with van der Waals surface area (Å²) < 4.78 is 54.9. The van der Waals surface area contributed by atoms with E-state index in [9.17, 15) is 22.0 Å². The van der Waals surface area contributed by atoms with E-state index < -0.39 is 28.2 Å². The highest BCUT2D eigenvalue weighted by atomic mass is 35.5. The Balaban J connectivity index is 1.59. The van der Waals surface area contributed by atoms with Crippen LogP contribution in [0.4, 0.5) is 14.5 Å². The molecule has 3 aromatic carbocycles. The fraction of sp³-hybridized carbons (Fsp3) is 0.174. The molecule has 1 heterocycles. The standard InChI is InChI=1S/C23H20ClF2N5O3S2/c1-13-7-10-19(16-6-4-3-5-15(13)16)31-22(21(25)26)29-30-23(31)35-12-20(32)28-18-9-8-14(11-17(18)24)36(33,34)27-2/h3-11,21,27H,12H2,1-2H3,(H,28,32). The zero-order valence-corrected chi connectivity index (χ0v) is 21.4. The summed E-state index contributed by atoms with van der Waals surface area (Å²) in [6.45, 7) is 1.93. The number of anilines is 1. The number of benzene rings is 3. The molecule has 8 nitrogen and oxygen atoms in total. The maximum absolute atomic E-state index is 13.8. The normalized spacial score (nSPS) is 11.8. The number of aryl methyl sites for hydroxylation is 1. The van der Waals surface area contributed by atoms with E-state index in [0.29, 0.717) is 5.69 Å². The predicted octanol–water partition coefficient (Wildman–Crippen LogP) is 4.96. The number of carbonyl (C=O) groups is 1. The average Bonchev–Trinajstić information content (AvgIpc) is 3.28. The van der Waals surface area contributed by atoms with Crippen LogP contribution in [0.1, 0.15) is 17.8 Å². The van der Waals surface area contributed by atoms with E-state index >= 15 is 0 Å². The summed E-state index contributed by atoms with van der Waals surface area (Å²) in [4.78, 5) is 12.5. The van der Waals surface area contributed by atoms with Gasteiger partial charge in [-0.1, -0.05) is 53.7 Å². The van der Waals surface area contributed by atoms with E-state index in [0.717, 1.165) is 28.1 Å². The third-order valence-electron chi connectivity index (χ3n) is 5.34. The van der Waals surface area contributed by atoms with Crippen LogP contribution in [0.25, 0.3) is 16.5 Å². The first kappa shape index (κ1) is 26.0. The maximum Gasteiger partial charge on any atom is 0.297 e. The first-order valence-corrected chi connectivity index (χ1v) is 13.3. The second-order valence-electron chi connectivity index (χ2n) is 7.61. The molecule has 0 aliphatic rings. The van der Waals surface area contributed by atoms with Crippen LogP contribution in [0.5, 0.6) is 0 Å². The zero-order chi connectivity index (χ0) is 26.0. The van der Waals surface area contributed by atoms with Gasteiger partial charge in [-0.3, -0.25) is 9.36 Å². The van der Waals surface area contributed by atoms with Crippen LogP contribution < -0.4 is 10.0 Å². The van der Waals surface area contributed by atoms with E-state index in [1.54, 1.807) is 6.07 Å². The van der Waals surface area contributed by atoms with Gasteiger partial charge in [0.25, 0.3) is 6.43 Å². The summed E-state index contributed by atoms with van der Waals surface area (Å²) in [5.74, 6) is -1.21. The largest absolute Gasteiger partial charge is 0.324 e. The van der Waals surface area contributed by atoms with Crippen LogP contribution >= 0.6 is 23.4 Å². The lowest BCUT2D eigenvalue weighted by molar-refractivity contribution is -0.113. The van der Waals surface area contributed by atoms with Crippen LogP contribution in [0, 0.1) is 6.92 Å². The Morgan fingerprint density at radius 3 is 2.50 bits per heavy atom. The molecule has 0 fully saturated rings. The van der Waals surface area contributed by atoms with Gasteiger partial charge in [-0.15, -0.1) is 10.2 Å². The Kier molecular flexibility index (Phi) is 7.59. The fourth-order valence-corrected chi connectivity index (χ4v) is 5.37. The minimum Gasteiger partial charge on any atom is -0.324 e. The molecule has 188 valence electrons. The van der Waals surface area contributed by atoms with Gasteiger partial charge >= 0.3 is 0 Å². The van der Waals surface area contributed by atoms with Gasteiger partial charge in [0.05, 0.1) is 27.0 Å². The van der Waals surface area contributed by atoms with Gasteiger partial charge in [0, 0.05) is 5.39 Å². The van der Waals surface area contributed by atoms with Crippen molar-refractivity contribution in [3.8, 4) is 5.69 Å². The molecule has 36 heavy (non-hydrogen) atoms. The molecule has 0 saturated heterocycles. The Hall–Kier alpha value is -3.06. The number of nitrogens with zero attached hydrogens (tertiary/aromatic N) is 3. The summed E-state index contributed by atoms with van der Waals surface area (Å²) >= 11 is 7.07. The topological polar surface area (TPSA) is 106 Å². The number of aromatic nitrogens is 3. The predicted molar refractivity (Wildman–Crippen MR) is 136 cm³/mol. The highest BCUT2D eigenvalue weighted by Crippen LogP contribution is 2.33. The number of hydrogen-bond donors (Lipinski definition) is 2. The highest BCUT2D eigenvalue weighted by Gasteiger charge is 2.24. The summed E-state index contributed by atoms with van der Waals surface area (Å²) in [5, 5.41) is 12.0. The van der Waals surface area contributed by atoms with E-state index in [1.165, 1.54) is 29.8 Å². The van der Waals surface area contributed by atoms with Crippen LogP contribution in [0.2, 0.25) is 5.02 Å². The first-order valence-electron chi connectivity index (χ1n) is 10.5. The van der Waals surface area contributed by atoms with E-state index in [-0.39, 0.29) is 26.5 Å². The minimum absolute atomic E-state index is 0.0268. The summed E-state index contributed by atoms with van der Waals surface area (Å²) in [6, 6.07) is 14.8.